The highest BCUT2D eigenvalue weighted by molar-refractivity contribution is 6.42. The van der Waals surface area contributed by atoms with E-state index in [2.05, 4.69) is 25.3 Å². The number of methoxy groups -OCH3 is 1. The standard InChI is InChI=1S/C21H20Cl2N6O2/c1-29(2)12-26-15-10-24-21(25-11-15)28-20(30)19(31-3)6-4-5-14-7-13-8-16(22)17(23)9-18(13)27-14/h4-12,27H,1-3H3,(H,24,25,28,30). The monoisotopic (exact) mass is 458 g/mol. The molecule has 0 saturated heterocycles. The lowest BCUT2D eigenvalue weighted by Crippen LogP contribution is -2.17. The first-order chi connectivity index (χ1) is 14.9. The molecular formula is C21H20Cl2N6O2. The normalized spacial score (nSPS) is 12.1. The van der Waals surface area contributed by atoms with Gasteiger partial charge in [0.1, 0.15) is 5.69 Å². The molecule has 0 unspecified atom stereocenters. The molecule has 160 valence electrons. The van der Waals surface area contributed by atoms with Crippen LogP contribution in [0.2, 0.25) is 10.0 Å². The molecule has 10 heteroatoms. The van der Waals surface area contributed by atoms with E-state index in [-0.39, 0.29) is 11.7 Å². The molecule has 0 atom stereocenters. The lowest BCUT2D eigenvalue weighted by atomic mass is 10.2. The number of rotatable bonds is 7. The number of aromatic amines is 1. The van der Waals surface area contributed by atoms with Gasteiger partial charge < -0.3 is 14.6 Å². The van der Waals surface area contributed by atoms with Crippen LogP contribution in [0.15, 0.2) is 53.5 Å². The molecule has 1 amide bonds. The minimum absolute atomic E-state index is 0.0942. The first-order valence-electron chi connectivity index (χ1n) is 9.10. The summed E-state index contributed by atoms with van der Waals surface area (Å²) in [6, 6.07) is 5.47. The van der Waals surface area contributed by atoms with E-state index in [9.17, 15) is 4.79 Å². The molecule has 0 radical (unpaired) electrons. The van der Waals surface area contributed by atoms with Crippen LogP contribution >= 0.6 is 23.2 Å². The quantitative estimate of drug-likeness (QED) is 0.176. The summed E-state index contributed by atoms with van der Waals surface area (Å²) in [6.07, 6.45) is 9.66. The number of benzene rings is 1. The summed E-state index contributed by atoms with van der Waals surface area (Å²) in [6.45, 7) is 0. The Labute approximate surface area is 189 Å². The third-order valence-electron chi connectivity index (χ3n) is 3.95. The van der Waals surface area contributed by atoms with Crippen molar-refractivity contribution in [3.05, 3.63) is 64.2 Å². The largest absolute Gasteiger partial charge is 0.491 e. The van der Waals surface area contributed by atoms with Gasteiger partial charge in [0.15, 0.2) is 5.76 Å². The van der Waals surface area contributed by atoms with Gasteiger partial charge in [-0.15, -0.1) is 0 Å². The summed E-state index contributed by atoms with van der Waals surface area (Å²) < 4.78 is 5.17. The van der Waals surface area contributed by atoms with E-state index in [4.69, 9.17) is 27.9 Å². The van der Waals surface area contributed by atoms with Crippen molar-refractivity contribution in [2.24, 2.45) is 4.99 Å². The highest BCUT2D eigenvalue weighted by atomic mass is 35.5. The maximum atomic E-state index is 12.4. The molecule has 0 aliphatic rings. The Morgan fingerprint density at radius 2 is 1.90 bits per heavy atom. The molecule has 0 aliphatic carbocycles. The number of halogens is 2. The van der Waals surface area contributed by atoms with Crippen LogP contribution in [-0.4, -0.2) is 53.3 Å². The molecule has 31 heavy (non-hydrogen) atoms. The van der Waals surface area contributed by atoms with E-state index in [1.807, 2.05) is 20.2 Å². The Hall–Kier alpha value is -3.36. The van der Waals surface area contributed by atoms with Crippen molar-refractivity contribution in [1.29, 1.82) is 0 Å². The summed E-state index contributed by atoms with van der Waals surface area (Å²) in [7, 11) is 5.12. The third kappa shape index (κ3) is 6.07. The molecule has 3 aromatic rings. The zero-order valence-electron chi connectivity index (χ0n) is 17.1. The smallest absolute Gasteiger partial charge is 0.293 e. The van der Waals surface area contributed by atoms with Crippen LogP contribution in [0.1, 0.15) is 5.69 Å². The lowest BCUT2D eigenvalue weighted by molar-refractivity contribution is -0.115. The number of anilines is 1. The third-order valence-corrected chi connectivity index (χ3v) is 4.67. The minimum Gasteiger partial charge on any atom is -0.491 e. The van der Waals surface area contributed by atoms with Crippen LogP contribution in [0.3, 0.4) is 0 Å². The topological polar surface area (TPSA) is 95.5 Å². The van der Waals surface area contributed by atoms with Crippen LogP contribution in [0.25, 0.3) is 17.0 Å². The van der Waals surface area contributed by atoms with Crippen molar-refractivity contribution in [1.82, 2.24) is 19.9 Å². The number of fused-ring (bicyclic) bond motifs is 1. The van der Waals surface area contributed by atoms with Gasteiger partial charge in [-0.1, -0.05) is 29.3 Å². The van der Waals surface area contributed by atoms with E-state index >= 15 is 0 Å². The van der Waals surface area contributed by atoms with Crippen molar-refractivity contribution < 1.29 is 9.53 Å². The van der Waals surface area contributed by atoms with E-state index in [1.54, 1.807) is 35.5 Å². The molecule has 8 nitrogen and oxygen atoms in total. The van der Waals surface area contributed by atoms with E-state index in [1.165, 1.54) is 25.6 Å². The molecule has 0 spiro atoms. The molecule has 0 aliphatic heterocycles. The Bertz CT molecular complexity index is 1130. The Kier molecular flexibility index (Phi) is 7.28. The van der Waals surface area contributed by atoms with E-state index in [0.29, 0.717) is 15.7 Å². The number of carbonyl (C=O) groups excluding carboxylic acids is 1. The molecule has 0 saturated carbocycles. The number of allylic oxidation sites excluding steroid dienone is 2. The van der Waals surface area contributed by atoms with E-state index < -0.39 is 5.91 Å². The zero-order valence-corrected chi connectivity index (χ0v) is 18.6. The highest BCUT2D eigenvalue weighted by Gasteiger charge is 2.11. The molecule has 2 aromatic heterocycles. The van der Waals surface area contributed by atoms with Gasteiger partial charge in [0.05, 0.1) is 35.9 Å². The Morgan fingerprint density at radius 3 is 2.58 bits per heavy atom. The first-order valence-corrected chi connectivity index (χ1v) is 9.85. The molecule has 2 N–H and O–H groups in total. The average Bonchev–Trinajstić information content (AvgIpc) is 3.12. The van der Waals surface area contributed by atoms with Crippen molar-refractivity contribution in [3.63, 3.8) is 0 Å². The number of H-pyrrole nitrogens is 1. The van der Waals surface area contributed by atoms with Crippen molar-refractivity contribution >= 4 is 64.1 Å². The fourth-order valence-electron chi connectivity index (χ4n) is 2.51. The molecule has 0 bridgehead atoms. The summed E-state index contributed by atoms with van der Waals surface area (Å²) in [5.41, 5.74) is 2.24. The average molecular weight is 459 g/mol. The predicted molar refractivity (Wildman–Crippen MR) is 125 cm³/mol. The van der Waals surface area contributed by atoms with Crippen molar-refractivity contribution in [2.45, 2.75) is 0 Å². The fourth-order valence-corrected chi connectivity index (χ4v) is 2.85. The maximum absolute atomic E-state index is 12.4. The number of amides is 1. The molecule has 2 heterocycles. The molecule has 3 rings (SSSR count). The lowest BCUT2D eigenvalue weighted by Gasteiger charge is -2.06. The van der Waals surface area contributed by atoms with E-state index in [0.717, 1.165) is 16.6 Å². The van der Waals surface area contributed by atoms with Crippen LogP contribution in [0.5, 0.6) is 0 Å². The number of hydrogen-bond acceptors (Lipinski definition) is 5. The minimum atomic E-state index is -0.480. The zero-order chi connectivity index (χ0) is 22.4. The van der Waals surface area contributed by atoms with Gasteiger partial charge in [0, 0.05) is 30.7 Å². The fraction of sp³-hybridized carbons (Fsp3) is 0.143. The number of ether oxygens (including phenoxy) is 1. The van der Waals surface area contributed by atoms with Gasteiger partial charge in [-0.2, -0.15) is 0 Å². The number of aromatic nitrogens is 3. The maximum Gasteiger partial charge on any atom is 0.293 e. The molecule has 1 aromatic carbocycles. The molecular weight excluding hydrogens is 439 g/mol. The molecule has 0 fully saturated rings. The number of hydrogen-bond donors (Lipinski definition) is 2. The van der Waals surface area contributed by atoms with Gasteiger partial charge >= 0.3 is 0 Å². The first kappa shape index (κ1) is 22.3. The second-order valence-electron chi connectivity index (χ2n) is 6.60. The number of carbonyl (C=O) groups is 1. The van der Waals surface area contributed by atoms with Crippen LogP contribution < -0.4 is 5.32 Å². The Morgan fingerprint density at radius 1 is 1.19 bits per heavy atom. The summed E-state index contributed by atoms with van der Waals surface area (Å²) in [4.78, 5) is 29.7. The van der Waals surface area contributed by atoms with Crippen molar-refractivity contribution in [2.75, 3.05) is 26.5 Å². The van der Waals surface area contributed by atoms with Gasteiger partial charge in [-0.3, -0.25) is 10.1 Å². The summed E-state index contributed by atoms with van der Waals surface area (Å²) >= 11 is 12.1. The number of nitrogens with zero attached hydrogens (tertiary/aromatic N) is 4. The number of aliphatic imine (C=N–C) groups is 1. The van der Waals surface area contributed by atoms with Gasteiger partial charge in [-0.05, 0) is 30.4 Å². The van der Waals surface area contributed by atoms with Crippen LogP contribution in [0.4, 0.5) is 11.6 Å². The second kappa shape index (κ2) is 10.1. The second-order valence-corrected chi connectivity index (χ2v) is 7.41. The van der Waals surface area contributed by atoms with Gasteiger partial charge in [0.2, 0.25) is 5.95 Å². The highest BCUT2D eigenvalue weighted by Crippen LogP contribution is 2.28. The van der Waals surface area contributed by atoms with Crippen molar-refractivity contribution in [3.8, 4) is 0 Å². The van der Waals surface area contributed by atoms with Gasteiger partial charge in [-0.25, -0.2) is 15.0 Å². The summed E-state index contributed by atoms with van der Waals surface area (Å²) in [5, 5.41) is 4.47. The number of nitrogens with one attached hydrogen (secondary N) is 2. The predicted octanol–water partition coefficient (Wildman–Crippen LogP) is 4.67. The SMILES string of the molecule is COC(=CC=Cc1cc2cc(Cl)c(Cl)cc2[nH]1)C(=O)Nc1ncc(N=CN(C)C)cn1. The van der Waals surface area contributed by atoms with Crippen LogP contribution in [0, 0.1) is 0 Å². The van der Waals surface area contributed by atoms with Gasteiger partial charge in [0.25, 0.3) is 5.91 Å². The van der Waals surface area contributed by atoms with Crippen LogP contribution in [-0.2, 0) is 9.53 Å². The Balaban J connectivity index is 1.67. The summed E-state index contributed by atoms with van der Waals surface area (Å²) in [5.74, 6) is -0.242.